The van der Waals surface area contributed by atoms with Crippen LogP contribution in [0.4, 0.5) is 5.13 Å². The second-order valence-electron chi connectivity index (χ2n) is 8.60. The van der Waals surface area contributed by atoms with Crippen LogP contribution in [0.25, 0.3) is 0 Å². The van der Waals surface area contributed by atoms with Gasteiger partial charge in [0.25, 0.3) is 5.91 Å². The summed E-state index contributed by atoms with van der Waals surface area (Å²) < 4.78 is 0. The minimum Gasteiger partial charge on any atom is -0.328 e. The Morgan fingerprint density at radius 2 is 1.81 bits per heavy atom. The van der Waals surface area contributed by atoms with Crippen LogP contribution in [0, 0.1) is 0 Å². The van der Waals surface area contributed by atoms with Crippen LogP contribution < -0.4 is 5.32 Å². The number of nitrogens with zero attached hydrogens (tertiary/aromatic N) is 3. The number of piperidine rings is 1. The Bertz CT molecular complexity index is 1090. The molecule has 0 bridgehead atoms. The molecule has 5 rings (SSSR count). The van der Waals surface area contributed by atoms with Gasteiger partial charge < -0.3 is 10.2 Å². The first-order chi connectivity index (χ1) is 15.6. The summed E-state index contributed by atoms with van der Waals surface area (Å²) in [6.45, 7) is 3.15. The van der Waals surface area contributed by atoms with Crippen LogP contribution in [0.5, 0.6) is 0 Å². The Balaban J connectivity index is 1.35. The summed E-state index contributed by atoms with van der Waals surface area (Å²) >= 11 is 1.40. The smallest absolute Gasteiger partial charge is 0.254 e. The number of carbonyl (C=O) groups excluding carboxylic acids is 2. The predicted octanol–water partition coefficient (Wildman–Crippen LogP) is 4.16. The third-order valence-corrected chi connectivity index (χ3v) is 7.29. The van der Waals surface area contributed by atoms with Gasteiger partial charge in [-0.3, -0.25) is 14.5 Å². The third kappa shape index (κ3) is 4.18. The van der Waals surface area contributed by atoms with Gasteiger partial charge in [0.05, 0.1) is 12.0 Å². The highest BCUT2D eigenvalue weighted by molar-refractivity contribution is 7.13. The minimum atomic E-state index is -0.495. The molecule has 0 spiro atoms. The van der Waals surface area contributed by atoms with E-state index < -0.39 is 5.54 Å². The Morgan fingerprint density at radius 1 is 1.06 bits per heavy atom. The molecule has 6 nitrogen and oxygen atoms in total. The molecule has 2 aromatic carbocycles. The van der Waals surface area contributed by atoms with Gasteiger partial charge in [-0.25, -0.2) is 4.98 Å². The van der Waals surface area contributed by atoms with Crippen molar-refractivity contribution in [2.24, 2.45) is 0 Å². The first-order valence-electron chi connectivity index (χ1n) is 11.0. The molecule has 1 saturated heterocycles. The molecule has 0 aliphatic carbocycles. The number of carbonyl (C=O) groups is 2. The Morgan fingerprint density at radius 3 is 2.53 bits per heavy atom. The molecule has 164 valence electrons. The highest BCUT2D eigenvalue weighted by atomic mass is 32.1. The second kappa shape index (κ2) is 8.84. The zero-order valence-corrected chi connectivity index (χ0v) is 18.7. The Hall–Kier alpha value is -3.03. The number of amides is 2. The van der Waals surface area contributed by atoms with Crippen LogP contribution in [0.1, 0.15) is 40.7 Å². The van der Waals surface area contributed by atoms with Crippen molar-refractivity contribution < 1.29 is 9.59 Å². The molecule has 0 unspecified atom stereocenters. The molecule has 2 aliphatic heterocycles. The zero-order chi connectivity index (χ0) is 22.0. The lowest BCUT2D eigenvalue weighted by molar-refractivity contribution is -0.119. The van der Waals surface area contributed by atoms with Crippen molar-refractivity contribution in [2.75, 3.05) is 18.4 Å². The highest BCUT2D eigenvalue weighted by Crippen LogP contribution is 2.39. The molecular formula is C25H26N4O2S. The Labute approximate surface area is 191 Å². The summed E-state index contributed by atoms with van der Waals surface area (Å²) in [7, 11) is 0. The van der Waals surface area contributed by atoms with Crippen LogP contribution in [-0.4, -0.2) is 45.2 Å². The molecule has 2 amide bonds. The van der Waals surface area contributed by atoms with Gasteiger partial charge in [-0.1, -0.05) is 48.5 Å². The maximum Gasteiger partial charge on any atom is 0.254 e. The molecule has 0 atom stereocenters. The topological polar surface area (TPSA) is 65.5 Å². The van der Waals surface area contributed by atoms with E-state index in [2.05, 4.69) is 39.5 Å². The van der Waals surface area contributed by atoms with E-state index in [4.69, 9.17) is 0 Å². The zero-order valence-electron chi connectivity index (χ0n) is 17.9. The maximum atomic E-state index is 13.3. The van der Waals surface area contributed by atoms with Gasteiger partial charge in [-0.05, 0) is 30.0 Å². The molecule has 3 aromatic rings. The van der Waals surface area contributed by atoms with Crippen molar-refractivity contribution in [3.05, 3.63) is 82.9 Å². The molecular weight excluding hydrogens is 420 g/mol. The van der Waals surface area contributed by atoms with Gasteiger partial charge in [0.2, 0.25) is 5.91 Å². The Kier molecular flexibility index (Phi) is 5.76. The van der Waals surface area contributed by atoms with E-state index in [1.54, 1.807) is 6.20 Å². The standard InChI is InChI=1S/C25H26N4O2S/c30-22(27-24-26-12-15-32-24)16-25(29-18-20-8-4-5-9-21(20)23(29)31)10-13-28(14-11-25)17-19-6-2-1-3-7-19/h1-9,12,15H,10-11,13-14,16-18H2,(H,26,27,30). The molecule has 1 fully saturated rings. The summed E-state index contributed by atoms with van der Waals surface area (Å²) in [6.07, 6.45) is 3.50. The number of likely N-dealkylation sites (tertiary alicyclic amines) is 1. The number of benzene rings is 2. The van der Waals surface area contributed by atoms with Gasteiger partial charge in [0.1, 0.15) is 0 Å². The minimum absolute atomic E-state index is 0.0409. The summed E-state index contributed by atoms with van der Waals surface area (Å²) in [5, 5.41) is 5.36. The predicted molar refractivity (Wildman–Crippen MR) is 125 cm³/mol. The number of rotatable bonds is 6. The summed E-state index contributed by atoms with van der Waals surface area (Å²) in [6, 6.07) is 18.2. The van der Waals surface area contributed by atoms with Crippen molar-refractivity contribution in [1.29, 1.82) is 0 Å². The van der Waals surface area contributed by atoms with Gasteiger partial charge in [0.15, 0.2) is 5.13 Å². The van der Waals surface area contributed by atoms with Crippen LogP contribution >= 0.6 is 11.3 Å². The van der Waals surface area contributed by atoms with Crippen LogP contribution in [0.2, 0.25) is 0 Å². The number of fused-ring (bicyclic) bond motifs is 1. The fraction of sp³-hybridized carbons (Fsp3) is 0.320. The largest absolute Gasteiger partial charge is 0.328 e. The summed E-state index contributed by atoms with van der Waals surface area (Å²) in [5.41, 5.74) is 2.60. The van der Waals surface area contributed by atoms with Crippen LogP contribution in [0.15, 0.2) is 66.2 Å². The van der Waals surface area contributed by atoms with E-state index in [0.29, 0.717) is 11.7 Å². The van der Waals surface area contributed by atoms with Gasteiger partial charge in [-0.2, -0.15) is 0 Å². The fourth-order valence-corrected chi connectivity index (χ4v) is 5.44. The van der Waals surface area contributed by atoms with Crippen molar-refractivity contribution in [3.63, 3.8) is 0 Å². The van der Waals surface area contributed by atoms with Crippen LogP contribution in [-0.2, 0) is 17.9 Å². The van der Waals surface area contributed by atoms with E-state index in [0.717, 1.165) is 43.6 Å². The normalized spacial score (nSPS) is 17.9. The van der Waals surface area contributed by atoms with Gasteiger partial charge >= 0.3 is 0 Å². The molecule has 2 aliphatic rings. The molecule has 0 radical (unpaired) electrons. The fourth-order valence-electron chi connectivity index (χ4n) is 4.90. The summed E-state index contributed by atoms with van der Waals surface area (Å²) in [4.78, 5) is 34.9. The second-order valence-corrected chi connectivity index (χ2v) is 9.49. The number of thiazole rings is 1. The number of hydrogen-bond acceptors (Lipinski definition) is 5. The maximum absolute atomic E-state index is 13.3. The van der Waals surface area contributed by atoms with E-state index in [9.17, 15) is 9.59 Å². The number of hydrogen-bond donors (Lipinski definition) is 1. The van der Waals surface area contributed by atoms with Crippen molar-refractivity contribution >= 4 is 28.3 Å². The van der Waals surface area contributed by atoms with E-state index in [1.807, 2.05) is 40.6 Å². The van der Waals surface area contributed by atoms with Gasteiger partial charge in [0, 0.05) is 43.3 Å². The monoisotopic (exact) mass is 446 g/mol. The molecule has 0 saturated carbocycles. The lowest BCUT2D eigenvalue weighted by Crippen LogP contribution is -2.56. The van der Waals surface area contributed by atoms with Crippen molar-refractivity contribution in [2.45, 2.75) is 37.9 Å². The molecule has 1 N–H and O–H groups in total. The van der Waals surface area contributed by atoms with Crippen LogP contribution in [0.3, 0.4) is 0 Å². The molecule has 7 heteroatoms. The summed E-state index contributed by atoms with van der Waals surface area (Å²) in [5.74, 6) is -0.0422. The molecule has 32 heavy (non-hydrogen) atoms. The lowest BCUT2D eigenvalue weighted by atomic mass is 9.82. The van der Waals surface area contributed by atoms with Crippen molar-refractivity contribution in [3.8, 4) is 0 Å². The highest BCUT2D eigenvalue weighted by Gasteiger charge is 2.46. The number of aromatic nitrogens is 1. The van der Waals surface area contributed by atoms with E-state index in [-0.39, 0.29) is 18.2 Å². The number of nitrogens with one attached hydrogen (secondary N) is 1. The van der Waals surface area contributed by atoms with E-state index >= 15 is 0 Å². The number of anilines is 1. The van der Waals surface area contributed by atoms with E-state index in [1.165, 1.54) is 16.9 Å². The quantitative estimate of drug-likeness (QED) is 0.617. The molecule has 3 heterocycles. The third-order valence-electron chi connectivity index (χ3n) is 6.60. The SMILES string of the molecule is O=C(CC1(N2Cc3ccccc3C2=O)CCN(Cc2ccccc2)CC1)Nc1nccs1. The lowest BCUT2D eigenvalue weighted by Gasteiger charge is -2.47. The average Bonchev–Trinajstić information content (AvgIpc) is 3.44. The average molecular weight is 447 g/mol. The first-order valence-corrected chi connectivity index (χ1v) is 11.9. The van der Waals surface area contributed by atoms with Crippen molar-refractivity contribution in [1.82, 2.24) is 14.8 Å². The first kappa shape index (κ1) is 20.8. The molecule has 1 aromatic heterocycles. The van der Waals surface area contributed by atoms with Gasteiger partial charge in [-0.15, -0.1) is 11.3 Å².